The van der Waals surface area contributed by atoms with Crippen LogP contribution in [0.3, 0.4) is 0 Å². The van der Waals surface area contributed by atoms with Crippen LogP contribution in [0.5, 0.6) is 5.75 Å². The first-order valence-electron chi connectivity index (χ1n) is 8.38. The SMILES string of the molecule is COc1ccccc1CNC(=O)[C@@H](NC(=O)c1ccc(F)cc1)C(C)C. The molecule has 0 unspecified atom stereocenters. The van der Waals surface area contributed by atoms with Gasteiger partial charge in [0.15, 0.2) is 0 Å². The summed E-state index contributed by atoms with van der Waals surface area (Å²) >= 11 is 0. The number of halogens is 1. The monoisotopic (exact) mass is 358 g/mol. The van der Waals surface area contributed by atoms with Crippen molar-refractivity contribution in [3.63, 3.8) is 0 Å². The van der Waals surface area contributed by atoms with Gasteiger partial charge < -0.3 is 15.4 Å². The van der Waals surface area contributed by atoms with Gasteiger partial charge in [-0.3, -0.25) is 9.59 Å². The predicted molar refractivity (Wildman–Crippen MR) is 97.3 cm³/mol. The van der Waals surface area contributed by atoms with Crippen molar-refractivity contribution in [3.05, 3.63) is 65.5 Å². The average Bonchev–Trinajstić information content (AvgIpc) is 2.64. The normalized spacial score (nSPS) is 11.7. The molecule has 0 aromatic heterocycles. The van der Waals surface area contributed by atoms with Crippen molar-refractivity contribution in [1.82, 2.24) is 10.6 Å². The maximum Gasteiger partial charge on any atom is 0.251 e. The second-order valence-electron chi connectivity index (χ2n) is 6.23. The van der Waals surface area contributed by atoms with E-state index in [4.69, 9.17) is 4.74 Å². The van der Waals surface area contributed by atoms with Gasteiger partial charge in [0, 0.05) is 17.7 Å². The number of ether oxygens (including phenoxy) is 1. The lowest BCUT2D eigenvalue weighted by Crippen LogP contribution is -2.49. The van der Waals surface area contributed by atoms with Crippen LogP contribution in [0.2, 0.25) is 0 Å². The summed E-state index contributed by atoms with van der Waals surface area (Å²) in [6.45, 7) is 3.98. The number of amides is 2. The van der Waals surface area contributed by atoms with E-state index in [0.717, 1.165) is 5.56 Å². The number of hydrogen-bond donors (Lipinski definition) is 2. The van der Waals surface area contributed by atoms with Crippen molar-refractivity contribution >= 4 is 11.8 Å². The van der Waals surface area contributed by atoms with Gasteiger partial charge in [0.25, 0.3) is 5.91 Å². The number of hydrogen-bond acceptors (Lipinski definition) is 3. The molecule has 2 rings (SSSR count). The maximum atomic E-state index is 13.0. The molecular weight excluding hydrogens is 335 g/mol. The van der Waals surface area contributed by atoms with Crippen LogP contribution in [0.25, 0.3) is 0 Å². The second kappa shape index (κ2) is 8.99. The Balaban J connectivity index is 2.03. The number of carbonyl (C=O) groups excluding carboxylic acids is 2. The zero-order valence-corrected chi connectivity index (χ0v) is 15.1. The van der Waals surface area contributed by atoms with Gasteiger partial charge in [-0.05, 0) is 36.2 Å². The van der Waals surface area contributed by atoms with E-state index < -0.39 is 17.8 Å². The van der Waals surface area contributed by atoms with E-state index in [2.05, 4.69) is 10.6 Å². The van der Waals surface area contributed by atoms with Crippen molar-refractivity contribution in [1.29, 1.82) is 0 Å². The summed E-state index contributed by atoms with van der Waals surface area (Å²) in [4.78, 5) is 24.9. The Labute approximate surface area is 152 Å². The topological polar surface area (TPSA) is 67.4 Å². The Morgan fingerprint density at radius 3 is 2.35 bits per heavy atom. The smallest absolute Gasteiger partial charge is 0.251 e. The van der Waals surface area contributed by atoms with Gasteiger partial charge in [-0.2, -0.15) is 0 Å². The number of para-hydroxylation sites is 1. The Bertz CT molecular complexity index is 760. The van der Waals surface area contributed by atoms with E-state index in [1.807, 2.05) is 38.1 Å². The molecule has 0 aliphatic heterocycles. The average molecular weight is 358 g/mol. The number of carbonyl (C=O) groups is 2. The molecule has 2 aromatic rings. The fourth-order valence-corrected chi connectivity index (χ4v) is 2.50. The van der Waals surface area contributed by atoms with Gasteiger partial charge in [-0.25, -0.2) is 4.39 Å². The molecule has 0 spiro atoms. The standard InChI is InChI=1S/C20H23FN2O3/c1-13(2)18(23-19(24)14-8-10-16(21)11-9-14)20(25)22-12-15-6-4-5-7-17(15)26-3/h4-11,13,18H,12H2,1-3H3,(H,22,25)(H,23,24)/t18-/m0/s1. The van der Waals surface area contributed by atoms with Gasteiger partial charge >= 0.3 is 0 Å². The lowest BCUT2D eigenvalue weighted by Gasteiger charge is -2.22. The van der Waals surface area contributed by atoms with Crippen molar-refractivity contribution < 1.29 is 18.7 Å². The molecule has 138 valence electrons. The minimum atomic E-state index is -0.706. The number of rotatable bonds is 7. The van der Waals surface area contributed by atoms with Gasteiger partial charge in [-0.15, -0.1) is 0 Å². The number of methoxy groups -OCH3 is 1. The molecule has 0 saturated carbocycles. The van der Waals surface area contributed by atoms with Crippen molar-refractivity contribution in [2.75, 3.05) is 7.11 Å². The Hall–Kier alpha value is -2.89. The van der Waals surface area contributed by atoms with Crippen LogP contribution in [0, 0.1) is 11.7 Å². The molecule has 2 amide bonds. The molecular formula is C20H23FN2O3. The molecule has 0 fully saturated rings. The van der Waals surface area contributed by atoms with Crippen molar-refractivity contribution in [3.8, 4) is 5.75 Å². The van der Waals surface area contributed by atoms with Crippen LogP contribution in [0.4, 0.5) is 4.39 Å². The molecule has 26 heavy (non-hydrogen) atoms. The third-order valence-corrected chi connectivity index (χ3v) is 3.99. The van der Waals surface area contributed by atoms with E-state index in [-0.39, 0.29) is 11.8 Å². The summed E-state index contributed by atoms with van der Waals surface area (Å²) in [5, 5.41) is 5.54. The molecule has 1 atom stereocenters. The van der Waals surface area contributed by atoms with Crippen LogP contribution in [-0.4, -0.2) is 25.0 Å². The molecule has 2 N–H and O–H groups in total. The van der Waals surface area contributed by atoms with Crippen LogP contribution < -0.4 is 15.4 Å². The van der Waals surface area contributed by atoms with Gasteiger partial charge in [0.1, 0.15) is 17.6 Å². The number of nitrogens with one attached hydrogen (secondary N) is 2. The Kier molecular flexibility index (Phi) is 6.72. The number of benzene rings is 2. The zero-order valence-electron chi connectivity index (χ0n) is 15.1. The predicted octanol–water partition coefficient (Wildman–Crippen LogP) is 2.91. The van der Waals surface area contributed by atoms with E-state index >= 15 is 0 Å². The minimum absolute atomic E-state index is 0.114. The highest BCUT2D eigenvalue weighted by atomic mass is 19.1. The quantitative estimate of drug-likeness (QED) is 0.800. The largest absolute Gasteiger partial charge is 0.496 e. The molecule has 0 bridgehead atoms. The molecule has 0 aliphatic rings. The lowest BCUT2D eigenvalue weighted by molar-refractivity contribution is -0.124. The third kappa shape index (κ3) is 5.05. The van der Waals surface area contributed by atoms with Crippen LogP contribution in [0.15, 0.2) is 48.5 Å². The molecule has 0 heterocycles. The van der Waals surface area contributed by atoms with E-state index in [9.17, 15) is 14.0 Å². The zero-order chi connectivity index (χ0) is 19.1. The second-order valence-corrected chi connectivity index (χ2v) is 6.23. The van der Waals surface area contributed by atoms with Gasteiger partial charge in [-0.1, -0.05) is 32.0 Å². The summed E-state index contributed by atoms with van der Waals surface area (Å²) in [7, 11) is 1.57. The van der Waals surface area contributed by atoms with Crippen molar-refractivity contribution in [2.24, 2.45) is 5.92 Å². The Morgan fingerprint density at radius 2 is 1.73 bits per heavy atom. The summed E-state index contributed by atoms with van der Waals surface area (Å²) in [5.74, 6) is -0.560. The Morgan fingerprint density at radius 1 is 1.08 bits per heavy atom. The van der Waals surface area contributed by atoms with E-state index in [1.54, 1.807) is 7.11 Å². The molecule has 6 heteroatoms. The lowest BCUT2D eigenvalue weighted by atomic mass is 10.0. The molecule has 2 aromatic carbocycles. The highest BCUT2D eigenvalue weighted by Crippen LogP contribution is 2.17. The van der Waals surface area contributed by atoms with Crippen LogP contribution in [-0.2, 0) is 11.3 Å². The van der Waals surface area contributed by atoms with Gasteiger partial charge in [0.2, 0.25) is 5.91 Å². The first kappa shape index (κ1) is 19.4. The van der Waals surface area contributed by atoms with Gasteiger partial charge in [0.05, 0.1) is 7.11 Å². The third-order valence-electron chi connectivity index (χ3n) is 3.99. The summed E-state index contributed by atoms with van der Waals surface area (Å²) < 4.78 is 18.3. The van der Waals surface area contributed by atoms with Crippen LogP contribution in [0.1, 0.15) is 29.8 Å². The summed E-state index contributed by atoms with van der Waals surface area (Å²) in [5.41, 5.74) is 1.14. The van der Waals surface area contributed by atoms with E-state index in [0.29, 0.717) is 17.9 Å². The first-order chi connectivity index (χ1) is 12.4. The first-order valence-corrected chi connectivity index (χ1v) is 8.38. The fraction of sp³-hybridized carbons (Fsp3) is 0.300. The van der Waals surface area contributed by atoms with E-state index in [1.165, 1.54) is 24.3 Å². The summed E-state index contributed by atoms with van der Waals surface area (Å²) in [6.07, 6.45) is 0. The van der Waals surface area contributed by atoms with Crippen molar-refractivity contribution in [2.45, 2.75) is 26.4 Å². The minimum Gasteiger partial charge on any atom is -0.496 e. The fourth-order valence-electron chi connectivity index (χ4n) is 2.50. The molecule has 0 saturated heterocycles. The van der Waals surface area contributed by atoms with Crippen LogP contribution >= 0.6 is 0 Å². The molecule has 0 radical (unpaired) electrons. The molecule has 0 aliphatic carbocycles. The highest BCUT2D eigenvalue weighted by molar-refractivity contribution is 5.97. The highest BCUT2D eigenvalue weighted by Gasteiger charge is 2.24. The molecule has 5 nitrogen and oxygen atoms in total. The summed E-state index contributed by atoms with van der Waals surface area (Å²) in [6, 6.07) is 11.9. The maximum absolute atomic E-state index is 13.0.